The molecule has 0 spiro atoms. The van der Waals surface area contributed by atoms with Crippen molar-refractivity contribution in [3.05, 3.63) is 36.7 Å². The zero-order valence-electron chi connectivity index (χ0n) is 14.1. The molecule has 0 radical (unpaired) electrons. The van der Waals surface area contributed by atoms with Gasteiger partial charge in [0.25, 0.3) is 0 Å². The van der Waals surface area contributed by atoms with Crippen LogP contribution in [0.1, 0.15) is 50.3 Å². The number of rotatable bonds is 5. The van der Waals surface area contributed by atoms with Crippen molar-refractivity contribution in [2.45, 2.75) is 51.0 Å². The summed E-state index contributed by atoms with van der Waals surface area (Å²) in [6, 6.07) is 5.83. The van der Waals surface area contributed by atoms with Crippen molar-refractivity contribution >= 4 is 22.6 Å². The number of H-pyrrole nitrogens is 1. The minimum atomic E-state index is -0.0399. The number of aryl methyl sites for hydroxylation is 1. The quantitative estimate of drug-likeness (QED) is 0.747. The molecule has 0 unspecified atom stereocenters. The molecule has 130 valence electrons. The molecule has 2 heterocycles. The van der Waals surface area contributed by atoms with Crippen molar-refractivity contribution in [3.63, 3.8) is 0 Å². The third-order valence-electron chi connectivity index (χ3n) is 4.81. The minimum Gasteiger partial charge on any atom is -0.342 e. The van der Waals surface area contributed by atoms with E-state index in [1.54, 1.807) is 11.0 Å². The molecule has 4 rings (SSSR count). The molecule has 2 aromatic heterocycles. The molecule has 1 aliphatic carbocycles. The lowest BCUT2D eigenvalue weighted by Crippen LogP contribution is -2.14. The number of hydrogen-bond donors (Lipinski definition) is 2. The highest BCUT2D eigenvalue weighted by Gasteiger charge is 2.18. The summed E-state index contributed by atoms with van der Waals surface area (Å²) >= 11 is 0. The van der Waals surface area contributed by atoms with Gasteiger partial charge in [-0.1, -0.05) is 19.3 Å². The van der Waals surface area contributed by atoms with Crippen molar-refractivity contribution in [2.24, 2.45) is 0 Å². The summed E-state index contributed by atoms with van der Waals surface area (Å²) < 4.78 is 1.65. The molecule has 0 bridgehead atoms. The Balaban J connectivity index is 1.42. The van der Waals surface area contributed by atoms with E-state index in [1.807, 2.05) is 18.2 Å². The van der Waals surface area contributed by atoms with Crippen LogP contribution in [0.2, 0.25) is 0 Å². The van der Waals surface area contributed by atoms with E-state index >= 15 is 0 Å². The molecule has 1 aliphatic rings. The fourth-order valence-corrected chi connectivity index (χ4v) is 3.46. The Morgan fingerprint density at radius 1 is 1.28 bits per heavy atom. The number of amides is 1. The molecule has 1 aromatic carbocycles. The van der Waals surface area contributed by atoms with Crippen LogP contribution in [0.15, 0.2) is 30.9 Å². The number of imidazole rings is 1. The predicted molar refractivity (Wildman–Crippen MR) is 95.2 cm³/mol. The number of hydrogen-bond acceptors (Lipinski definition) is 4. The Morgan fingerprint density at radius 3 is 2.96 bits per heavy atom. The maximum Gasteiger partial charge on any atom is 0.226 e. The fourth-order valence-electron chi connectivity index (χ4n) is 3.46. The zero-order chi connectivity index (χ0) is 17.1. The van der Waals surface area contributed by atoms with Crippen LogP contribution in [0, 0.1) is 0 Å². The summed E-state index contributed by atoms with van der Waals surface area (Å²) in [5.41, 5.74) is 2.73. The predicted octanol–water partition coefficient (Wildman–Crippen LogP) is 3.23. The van der Waals surface area contributed by atoms with Gasteiger partial charge in [-0.05, 0) is 31.0 Å². The molecule has 1 amide bonds. The Kier molecular flexibility index (Phi) is 4.45. The monoisotopic (exact) mass is 338 g/mol. The first kappa shape index (κ1) is 15.8. The summed E-state index contributed by atoms with van der Waals surface area (Å²) in [6.45, 7) is 0.518. The highest BCUT2D eigenvalue weighted by molar-refractivity contribution is 5.93. The molecule has 0 aliphatic heterocycles. The Morgan fingerprint density at radius 2 is 2.16 bits per heavy atom. The van der Waals surface area contributed by atoms with Gasteiger partial charge in [-0.2, -0.15) is 5.10 Å². The highest BCUT2D eigenvalue weighted by Crippen LogP contribution is 2.32. The summed E-state index contributed by atoms with van der Waals surface area (Å²) in [5, 5.41) is 6.93. The van der Waals surface area contributed by atoms with E-state index < -0.39 is 0 Å². The van der Waals surface area contributed by atoms with Gasteiger partial charge in [-0.3, -0.25) is 9.48 Å². The van der Waals surface area contributed by atoms with Gasteiger partial charge in [0.15, 0.2) is 0 Å². The molecule has 2 N–H and O–H groups in total. The maximum absolute atomic E-state index is 12.1. The zero-order valence-corrected chi connectivity index (χ0v) is 14.1. The first-order valence-electron chi connectivity index (χ1n) is 8.90. The van der Waals surface area contributed by atoms with E-state index in [9.17, 15) is 4.79 Å². The number of anilines is 1. The van der Waals surface area contributed by atoms with Crippen LogP contribution >= 0.6 is 0 Å². The molecular weight excluding hydrogens is 316 g/mol. The fraction of sp³-hybridized carbons (Fsp3) is 0.444. The molecule has 1 fully saturated rings. The first-order chi connectivity index (χ1) is 12.3. The van der Waals surface area contributed by atoms with Crippen molar-refractivity contribution in [2.75, 3.05) is 5.32 Å². The number of nitrogens with one attached hydrogen (secondary N) is 2. The third-order valence-corrected chi connectivity index (χ3v) is 4.81. The highest BCUT2D eigenvalue weighted by atomic mass is 16.1. The summed E-state index contributed by atoms with van der Waals surface area (Å²) in [6.07, 6.45) is 9.77. The van der Waals surface area contributed by atoms with Crippen LogP contribution in [0.25, 0.3) is 11.0 Å². The molecule has 7 heteroatoms. The van der Waals surface area contributed by atoms with Crippen LogP contribution in [-0.4, -0.2) is 30.6 Å². The largest absolute Gasteiger partial charge is 0.342 e. The van der Waals surface area contributed by atoms with E-state index in [4.69, 9.17) is 4.98 Å². The second-order valence-electron chi connectivity index (χ2n) is 6.65. The lowest BCUT2D eigenvalue weighted by atomic mass is 9.89. The maximum atomic E-state index is 12.1. The van der Waals surface area contributed by atoms with Crippen molar-refractivity contribution in [1.82, 2.24) is 24.7 Å². The SMILES string of the molecule is O=C(CCn1cncn1)Nc1ccc2nc(C3CCCCC3)[nH]c2c1. The molecule has 7 nitrogen and oxygen atoms in total. The van der Waals surface area contributed by atoms with E-state index in [2.05, 4.69) is 20.4 Å². The van der Waals surface area contributed by atoms with E-state index in [0.29, 0.717) is 18.9 Å². The van der Waals surface area contributed by atoms with E-state index in [0.717, 1.165) is 22.5 Å². The molecule has 25 heavy (non-hydrogen) atoms. The molecule has 3 aromatic rings. The number of nitrogens with zero attached hydrogens (tertiary/aromatic N) is 4. The standard InChI is InChI=1S/C18H22N6O/c25-17(8-9-24-12-19-11-20-24)21-14-6-7-15-16(10-14)23-18(22-15)13-4-2-1-3-5-13/h6-7,10-13H,1-5,8-9H2,(H,21,25)(H,22,23). The van der Waals surface area contributed by atoms with Gasteiger partial charge in [0.05, 0.1) is 17.6 Å². The van der Waals surface area contributed by atoms with Crippen LogP contribution < -0.4 is 5.32 Å². The molecule has 0 atom stereocenters. The van der Waals surface area contributed by atoms with E-state index in [1.165, 1.54) is 38.4 Å². The second-order valence-corrected chi connectivity index (χ2v) is 6.65. The van der Waals surface area contributed by atoms with Gasteiger partial charge in [0.1, 0.15) is 18.5 Å². The first-order valence-corrected chi connectivity index (χ1v) is 8.90. The molecule has 0 saturated heterocycles. The number of carbonyl (C=O) groups excluding carboxylic acids is 1. The number of aromatic nitrogens is 5. The third kappa shape index (κ3) is 3.70. The van der Waals surface area contributed by atoms with Crippen LogP contribution in [-0.2, 0) is 11.3 Å². The van der Waals surface area contributed by atoms with Crippen LogP contribution in [0.3, 0.4) is 0 Å². The second kappa shape index (κ2) is 7.04. The molecule has 1 saturated carbocycles. The average molecular weight is 338 g/mol. The number of fused-ring (bicyclic) bond motifs is 1. The number of benzene rings is 1. The summed E-state index contributed by atoms with van der Waals surface area (Å²) in [5.74, 6) is 1.59. The lowest BCUT2D eigenvalue weighted by Gasteiger charge is -2.18. The number of carbonyl (C=O) groups is 1. The Hall–Kier alpha value is -2.70. The number of aromatic amines is 1. The van der Waals surface area contributed by atoms with Crippen molar-refractivity contribution in [3.8, 4) is 0 Å². The Labute approximate surface area is 145 Å². The van der Waals surface area contributed by atoms with Crippen molar-refractivity contribution in [1.29, 1.82) is 0 Å². The normalized spacial score (nSPS) is 15.5. The summed E-state index contributed by atoms with van der Waals surface area (Å²) in [4.78, 5) is 24.2. The van der Waals surface area contributed by atoms with Gasteiger partial charge in [0, 0.05) is 18.0 Å². The van der Waals surface area contributed by atoms with Gasteiger partial charge < -0.3 is 10.3 Å². The van der Waals surface area contributed by atoms with Crippen LogP contribution in [0.5, 0.6) is 0 Å². The Bertz CT molecular complexity index is 848. The summed E-state index contributed by atoms with van der Waals surface area (Å²) in [7, 11) is 0. The molecular formula is C18H22N6O. The van der Waals surface area contributed by atoms with Gasteiger partial charge >= 0.3 is 0 Å². The average Bonchev–Trinajstić information content (AvgIpc) is 3.30. The van der Waals surface area contributed by atoms with Gasteiger partial charge in [0.2, 0.25) is 5.91 Å². The van der Waals surface area contributed by atoms with Crippen LogP contribution in [0.4, 0.5) is 5.69 Å². The van der Waals surface area contributed by atoms with Crippen molar-refractivity contribution < 1.29 is 4.79 Å². The van der Waals surface area contributed by atoms with Gasteiger partial charge in [-0.15, -0.1) is 0 Å². The smallest absolute Gasteiger partial charge is 0.226 e. The topological polar surface area (TPSA) is 88.5 Å². The van der Waals surface area contributed by atoms with Gasteiger partial charge in [-0.25, -0.2) is 9.97 Å². The lowest BCUT2D eigenvalue weighted by molar-refractivity contribution is -0.116. The minimum absolute atomic E-state index is 0.0399. The van der Waals surface area contributed by atoms with E-state index in [-0.39, 0.29) is 5.91 Å².